The van der Waals surface area contributed by atoms with Gasteiger partial charge in [0.15, 0.2) is 0 Å². The molecule has 1 atom stereocenters. The number of hydrogen-bond acceptors (Lipinski definition) is 1. The molecule has 0 aliphatic heterocycles. The highest BCUT2D eigenvalue weighted by atomic mass is 35.5. The van der Waals surface area contributed by atoms with Crippen molar-refractivity contribution in [3.63, 3.8) is 0 Å². The molecule has 1 aromatic rings. The van der Waals surface area contributed by atoms with Crippen LogP contribution in [0.1, 0.15) is 18.1 Å². The Labute approximate surface area is 76.1 Å². The summed E-state index contributed by atoms with van der Waals surface area (Å²) < 4.78 is 17.9. The molecule has 0 N–H and O–H groups in total. The molecular weight excluding hydrogens is 179 g/mol. The van der Waals surface area contributed by atoms with Gasteiger partial charge < -0.3 is 4.74 Å². The Hall–Kier alpha value is -0.760. The van der Waals surface area contributed by atoms with Crippen molar-refractivity contribution in [2.24, 2.45) is 0 Å². The van der Waals surface area contributed by atoms with Crippen LogP contribution in [0.2, 0.25) is 0 Å². The van der Waals surface area contributed by atoms with Crippen LogP contribution in [0, 0.1) is 0 Å². The Morgan fingerprint density at radius 2 is 2.17 bits per heavy atom. The standard InChI is InChI=1S/C9H10ClFO/c1-2-12-8-6-4-3-5-7(8)9(10)11/h3-6,9H,2H2,1H3. The largest absolute Gasteiger partial charge is 0.493 e. The van der Waals surface area contributed by atoms with Crippen molar-refractivity contribution in [3.8, 4) is 5.75 Å². The lowest BCUT2D eigenvalue weighted by molar-refractivity contribution is 0.328. The number of rotatable bonds is 3. The summed E-state index contributed by atoms with van der Waals surface area (Å²) in [6.07, 6.45) is 0. The van der Waals surface area contributed by atoms with Crippen LogP contribution < -0.4 is 4.74 Å². The van der Waals surface area contributed by atoms with Crippen LogP contribution in [0.15, 0.2) is 24.3 Å². The van der Waals surface area contributed by atoms with Gasteiger partial charge in [-0.2, -0.15) is 0 Å². The molecule has 1 unspecified atom stereocenters. The molecule has 1 aromatic carbocycles. The van der Waals surface area contributed by atoms with Gasteiger partial charge in [0.1, 0.15) is 5.75 Å². The third-order valence-corrected chi connectivity index (χ3v) is 1.69. The van der Waals surface area contributed by atoms with Gasteiger partial charge in [0.25, 0.3) is 0 Å². The first-order chi connectivity index (χ1) is 5.75. The molecule has 12 heavy (non-hydrogen) atoms. The van der Waals surface area contributed by atoms with Crippen molar-refractivity contribution in [1.29, 1.82) is 0 Å². The predicted molar refractivity (Wildman–Crippen MR) is 47.3 cm³/mol. The number of hydrogen-bond donors (Lipinski definition) is 0. The maximum atomic E-state index is 12.7. The quantitative estimate of drug-likeness (QED) is 0.662. The van der Waals surface area contributed by atoms with Gasteiger partial charge in [-0.15, -0.1) is 0 Å². The predicted octanol–water partition coefficient (Wildman–Crippen LogP) is 3.29. The van der Waals surface area contributed by atoms with E-state index in [1.165, 1.54) is 0 Å². The van der Waals surface area contributed by atoms with Gasteiger partial charge in [-0.3, -0.25) is 0 Å². The van der Waals surface area contributed by atoms with E-state index in [0.29, 0.717) is 17.9 Å². The van der Waals surface area contributed by atoms with Crippen LogP contribution in [0.4, 0.5) is 4.39 Å². The van der Waals surface area contributed by atoms with Crippen molar-refractivity contribution in [1.82, 2.24) is 0 Å². The monoisotopic (exact) mass is 188 g/mol. The Morgan fingerprint density at radius 3 is 2.75 bits per heavy atom. The van der Waals surface area contributed by atoms with Gasteiger partial charge in [0, 0.05) is 5.56 Å². The maximum absolute atomic E-state index is 12.7. The molecule has 0 radical (unpaired) electrons. The Morgan fingerprint density at radius 1 is 1.50 bits per heavy atom. The van der Waals surface area contributed by atoms with E-state index in [9.17, 15) is 4.39 Å². The summed E-state index contributed by atoms with van der Waals surface area (Å²) >= 11 is 5.30. The molecule has 0 heterocycles. The minimum atomic E-state index is -1.49. The van der Waals surface area contributed by atoms with Crippen molar-refractivity contribution >= 4 is 11.6 Å². The summed E-state index contributed by atoms with van der Waals surface area (Å²) in [7, 11) is 0. The molecule has 1 nitrogen and oxygen atoms in total. The highest BCUT2D eigenvalue weighted by Crippen LogP contribution is 2.30. The summed E-state index contributed by atoms with van der Waals surface area (Å²) in [6.45, 7) is 2.36. The van der Waals surface area contributed by atoms with Gasteiger partial charge in [0.05, 0.1) is 6.61 Å². The molecule has 66 valence electrons. The summed E-state index contributed by atoms with van der Waals surface area (Å²) in [5, 5.41) is 0. The third-order valence-electron chi connectivity index (χ3n) is 1.45. The molecule has 0 amide bonds. The second-order valence-corrected chi connectivity index (χ2v) is 2.65. The first-order valence-electron chi connectivity index (χ1n) is 3.75. The molecule has 3 heteroatoms. The number of benzene rings is 1. The van der Waals surface area contributed by atoms with E-state index >= 15 is 0 Å². The topological polar surface area (TPSA) is 9.23 Å². The van der Waals surface area contributed by atoms with Crippen molar-refractivity contribution in [3.05, 3.63) is 29.8 Å². The molecule has 0 fully saturated rings. The second-order valence-electron chi connectivity index (χ2n) is 2.27. The fraction of sp³-hybridized carbons (Fsp3) is 0.333. The SMILES string of the molecule is CCOc1ccccc1C(F)Cl. The first kappa shape index (κ1) is 9.33. The lowest BCUT2D eigenvalue weighted by Gasteiger charge is -2.08. The molecule has 1 rings (SSSR count). The highest BCUT2D eigenvalue weighted by molar-refractivity contribution is 6.20. The zero-order valence-corrected chi connectivity index (χ0v) is 7.51. The van der Waals surface area contributed by atoms with Crippen LogP contribution in [0.3, 0.4) is 0 Å². The lowest BCUT2D eigenvalue weighted by atomic mass is 10.2. The zero-order chi connectivity index (χ0) is 8.97. The molecule has 0 bridgehead atoms. The van der Waals surface area contributed by atoms with Crippen LogP contribution in [-0.4, -0.2) is 6.61 Å². The van der Waals surface area contributed by atoms with Crippen LogP contribution in [0.25, 0.3) is 0 Å². The first-order valence-corrected chi connectivity index (χ1v) is 4.19. The minimum Gasteiger partial charge on any atom is -0.493 e. The van der Waals surface area contributed by atoms with E-state index in [4.69, 9.17) is 16.3 Å². The third kappa shape index (κ3) is 2.11. The average Bonchev–Trinajstić information content (AvgIpc) is 2.05. The molecular formula is C9H10ClFO. The smallest absolute Gasteiger partial charge is 0.202 e. The molecule has 0 aliphatic carbocycles. The Balaban J connectivity index is 2.92. The van der Waals surface area contributed by atoms with E-state index in [-0.39, 0.29) is 0 Å². The Kier molecular flexibility index (Phi) is 3.35. The maximum Gasteiger partial charge on any atom is 0.202 e. The molecule has 0 saturated carbocycles. The van der Waals surface area contributed by atoms with E-state index in [2.05, 4.69) is 0 Å². The van der Waals surface area contributed by atoms with E-state index in [1.807, 2.05) is 6.92 Å². The van der Waals surface area contributed by atoms with Gasteiger partial charge in [-0.25, -0.2) is 4.39 Å². The van der Waals surface area contributed by atoms with Crippen LogP contribution in [0.5, 0.6) is 5.75 Å². The van der Waals surface area contributed by atoms with Gasteiger partial charge in [-0.1, -0.05) is 29.8 Å². The van der Waals surface area contributed by atoms with Crippen molar-refractivity contribution < 1.29 is 9.13 Å². The van der Waals surface area contributed by atoms with Crippen LogP contribution in [-0.2, 0) is 0 Å². The second kappa shape index (κ2) is 4.31. The molecule has 0 aromatic heterocycles. The summed E-state index contributed by atoms with van der Waals surface area (Å²) in [5.74, 6) is 0.516. The molecule has 0 spiro atoms. The fourth-order valence-corrected chi connectivity index (χ4v) is 1.13. The van der Waals surface area contributed by atoms with Crippen molar-refractivity contribution in [2.75, 3.05) is 6.61 Å². The Bertz CT molecular complexity index is 250. The molecule has 0 saturated heterocycles. The number of ether oxygens (including phenoxy) is 1. The average molecular weight is 189 g/mol. The zero-order valence-electron chi connectivity index (χ0n) is 6.76. The van der Waals surface area contributed by atoms with Gasteiger partial charge >= 0.3 is 0 Å². The van der Waals surface area contributed by atoms with Crippen molar-refractivity contribution in [2.45, 2.75) is 12.6 Å². The summed E-state index contributed by atoms with van der Waals surface area (Å²) in [5.41, 5.74) is -1.10. The highest BCUT2D eigenvalue weighted by Gasteiger charge is 2.10. The molecule has 0 aliphatic rings. The van der Waals surface area contributed by atoms with E-state index in [0.717, 1.165) is 0 Å². The van der Waals surface area contributed by atoms with Gasteiger partial charge in [-0.05, 0) is 13.0 Å². The van der Waals surface area contributed by atoms with Gasteiger partial charge in [0.2, 0.25) is 5.63 Å². The normalized spacial score (nSPS) is 12.6. The fourth-order valence-electron chi connectivity index (χ4n) is 0.948. The minimum absolute atomic E-state index is 0.390. The number of halogens is 2. The van der Waals surface area contributed by atoms with E-state index in [1.54, 1.807) is 24.3 Å². The van der Waals surface area contributed by atoms with Crippen LogP contribution >= 0.6 is 11.6 Å². The summed E-state index contributed by atoms with van der Waals surface area (Å²) in [4.78, 5) is 0. The number of alkyl halides is 2. The lowest BCUT2D eigenvalue weighted by Crippen LogP contribution is -1.95. The van der Waals surface area contributed by atoms with E-state index < -0.39 is 5.63 Å². The number of para-hydroxylation sites is 1. The summed E-state index contributed by atoms with van der Waals surface area (Å²) in [6, 6.07) is 6.83.